The zero-order valence-corrected chi connectivity index (χ0v) is 13.2. The molecule has 0 radical (unpaired) electrons. The fraction of sp³-hybridized carbons (Fsp3) is 0.600. The standard InChI is InChI=1S/C15H21NO4S/c1-3-11-8-12(14(21-11)15(18)19)20-9-13(17)16-6-4-10(2)5-7-16/h8,10H,3-7,9H2,1-2H3,(H,18,19). The van der Waals surface area contributed by atoms with E-state index in [1.807, 2.05) is 6.92 Å². The maximum Gasteiger partial charge on any atom is 0.349 e. The second-order valence-electron chi connectivity index (χ2n) is 5.42. The van der Waals surface area contributed by atoms with E-state index in [-0.39, 0.29) is 17.4 Å². The minimum atomic E-state index is -1.01. The number of ether oxygens (including phenoxy) is 1. The molecule has 21 heavy (non-hydrogen) atoms. The van der Waals surface area contributed by atoms with Crippen molar-refractivity contribution in [1.29, 1.82) is 0 Å². The Balaban J connectivity index is 1.94. The number of aryl methyl sites for hydroxylation is 1. The molecule has 0 saturated carbocycles. The molecule has 1 fully saturated rings. The Morgan fingerprint density at radius 1 is 1.43 bits per heavy atom. The van der Waals surface area contributed by atoms with Gasteiger partial charge in [-0.3, -0.25) is 4.79 Å². The zero-order chi connectivity index (χ0) is 15.4. The van der Waals surface area contributed by atoms with E-state index in [1.165, 1.54) is 11.3 Å². The number of piperidine rings is 1. The summed E-state index contributed by atoms with van der Waals surface area (Å²) in [7, 11) is 0. The van der Waals surface area contributed by atoms with Crippen LogP contribution in [0.3, 0.4) is 0 Å². The van der Waals surface area contributed by atoms with E-state index in [4.69, 9.17) is 9.84 Å². The topological polar surface area (TPSA) is 66.8 Å². The highest BCUT2D eigenvalue weighted by atomic mass is 32.1. The highest BCUT2D eigenvalue weighted by molar-refractivity contribution is 7.14. The molecule has 1 amide bonds. The molecule has 0 aliphatic carbocycles. The van der Waals surface area contributed by atoms with Crippen molar-refractivity contribution in [3.05, 3.63) is 15.8 Å². The van der Waals surface area contributed by atoms with Gasteiger partial charge in [-0.25, -0.2) is 4.79 Å². The van der Waals surface area contributed by atoms with Gasteiger partial charge in [0.2, 0.25) is 0 Å². The van der Waals surface area contributed by atoms with Crippen molar-refractivity contribution < 1.29 is 19.4 Å². The number of thiophene rings is 1. The number of rotatable bonds is 5. The lowest BCUT2D eigenvalue weighted by atomic mass is 9.99. The summed E-state index contributed by atoms with van der Waals surface area (Å²) in [5.41, 5.74) is 0. The molecule has 1 aliphatic rings. The molecule has 0 spiro atoms. The molecule has 5 nitrogen and oxygen atoms in total. The third kappa shape index (κ3) is 3.97. The highest BCUT2D eigenvalue weighted by Gasteiger charge is 2.22. The minimum absolute atomic E-state index is 0.0671. The number of amides is 1. The maximum atomic E-state index is 12.1. The summed E-state index contributed by atoms with van der Waals surface area (Å²) in [6.07, 6.45) is 2.79. The molecule has 2 heterocycles. The van der Waals surface area contributed by atoms with Crippen molar-refractivity contribution in [3.63, 3.8) is 0 Å². The van der Waals surface area contributed by atoms with Gasteiger partial charge in [0, 0.05) is 18.0 Å². The van der Waals surface area contributed by atoms with Crippen molar-refractivity contribution in [2.75, 3.05) is 19.7 Å². The van der Waals surface area contributed by atoms with Crippen molar-refractivity contribution >= 4 is 23.2 Å². The molecule has 0 atom stereocenters. The van der Waals surface area contributed by atoms with Crippen LogP contribution in [0.1, 0.15) is 41.2 Å². The summed E-state index contributed by atoms with van der Waals surface area (Å²) in [5, 5.41) is 9.15. The minimum Gasteiger partial charge on any atom is -0.482 e. The van der Waals surface area contributed by atoms with Gasteiger partial charge in [-0.2, -0.15) is 0 Å². The van der Waals surface area contributed by atoms with Gasteiger partial charge in [0.25, 0.3) is 5.91 Å². The van der Waals surface area contributed by atoms with Crippen LogP contribution >= 0.6 is 11.3 Å². The Bertz CT molecular complexity index is 518. The summed E-state index contributed by atoms with van der Waals surface area (Å²) >= 11 is 1.21. The van der Waals surface area contributed by atoms with Crippen molar-refractivity contribution in [1.82, 2.24) is 4.90 Å². The molecule has 6 heteroatoms. The molecule has 1 N–H and O–H groups in total. The number of hydrogen-bond acceptors (Lipinski definition) is 4. The SMILES string of the molecule is CCc1cc(OCC(=O)N2CCC(C)CC2)c(C(=O)O)s1. The predicted molar refractivity (Wildman–Crippen MR) is 81.1 cm³/mol. The van der Waals surface area contributed by atoms with Crippen LogP contribution in [0.2, 0.25) is 0 Å². The molecule has 1 saturated heterocycles. The number of nitrogens with zero attached hydrogens (tertiary/aromatic N) is 1. The van der Waals surface area contributed by atoms with Gasteiger partial charge in [0.05, 0.1) is 0 Å². The number of likely N-dealkylation sites (tertiary alicyclic amines) is 1. The van der Waals surface area contributed by atoms with Gasteiger partial charge in [0.15, 0.2) is 11.5 Å². The van der Waals surface area contributed by atoms with Crippen molar-refractivity contribution in [3.8, 4) is 5.75 Å². The Kier molecular flexibility index (Phi) is 5.22. The smallest absolute Gasteiger partial charge is 0.349 e. The first kappa shape index (κ1) is 15.8. The molecule has 0 unspecified atom stereocenters. The second kappa shape index (κ2) is 6.93. The monoisotopic (exact) mass is 311 g/mol. The first-order valence-electron chi connectivity index (χ1n) is 7.27. The third-order valence-electron chi connectivity index (χ3n) is 3.78. The fourth-order valence-electron chi connectivity index (χ4n) is 2.34. The molecular formula is C15H21NO4S. The first-order chi connectivity index (χ1) is 10.0. The lowest BCUT2D eigenvalue weighted by Crippen LogP contribution is -2.40. The molecule has 1 aromatic heterocycles. The van der Waals surface area contributed by atoms with E-state index < -0.39 is 5.97 Å². The van der Waals surface area contributed by atoms with Gasteiger partial charge in [-0.1, -0.05) is 13.8 Å². The Morgan fingerprint density at radius 3 is 2.67 bits per heavy atom. The van der Waals surface area contributed by atoms with Crippen LogP contribution in [0, 0.1) is 5.92 Å². The van der Waals surface area contributed by atoms with E-state index >= 15 is 0 Å². The normalized spacial score (nSPS) is 16.0. The number of carbonyl (C=O) groups is 2. The van der Waals surface area contributed by atoms with Crippen LogP contribution in [0.25, 0.3) is 0 Å². The number of hydrogen-bond donors (Lipinski definition) is 1. The average Bonchev–Trinajstić information content (AvgIpc) is 2.89. The molecular weight excluding hydrogens is 290 g/mol. The van der Waals surface area contributed by atoms with Crippen molar-refractivity contribution in [2.24, 2.45) is 5.92 Å². The van der Waals surface area contributed by atoms with Crippen LogP contribution in [-0.4, -0.2) is 41.6 Å². The highest BCUT2D eigenvalue weighted by Crippen LogP contribution is 2.30. The summed E-state index contributed by atoms with van der Waals surface area (Å²) in [4.78, 5) is 26.2. The summed E-state index contributed by atoms with van der Waals surface area (Å²) in [6.45, 7) is 5.59. The molecule has 2 rings (SSSR count). The van der Waals surface area contributed by atoms with E-state index in [2.05, 4.69) is 6.92 Å². The Morgan fingerprint density at radius 2 is 2.10 bits per heavy atom. The molecule has 1 aliphatic heterocycles. The summed E-state index contributed by atoms with van der Waals surface area (Å²) in [6, 6.07) is 1.72. The number of carboxylic acids is 1. The quantitative estimate of drug-likeness (QED) is 0.908. The maximum absolute atomic E-state index is 12.1. The van der Waals surface area contributed by atoms with Gasteiger partial charge in [0.1, 0.15) is 5.75 Å². The van der Waals surface area contributed by atoms with Gasteiger partial charge in [-0.05, 0) is 31.2 Å². The van der Waals surface area contributed by atoms with Gasteiger partial charge in [-0.15, -0.1) is 11.3 Å². The molecule has 116 valence electrons. The fourth-order valence-corrected chi connectivity index (χ4v) is 3.22. The van der Waals surface area contributed by atoms with Crippen molar-refractivity contribution in [2.45, 2.75) is 33.1 Å². The number of carbonyl (C=O) groups excluding carboxylic acids is 1. The zero-order valence-electron chi connectivity index (χ0n) is 12.4. The van der Waals surface area contributed by atoms with Crippen LogP contribution in [-0.2, 0) is 11.2 Å². The number of carboxylic acid groups (broad SMARTS) is 1. The van der Waals surface area contributed by atoms with Crippen LogP contribution in [0.5, 0.6) is 5.75 Å². The van der Waals surface area contributed by atoms with E-state index in [0.717, 1.165) is 37.2 Å². The molecule has 0 bridgehead atoms. The summed E-state index contributed by atoms with van der Waals surface area (Å²) in [5.74, 6) is -0.0999. The lowest BCUT2D eigenvalue weighted by Gasteiger charge is -2.30. The van der Waals surface area contributed by atoms with Gasteiger partial charge < -0.3 is 14.7 Å². The average molecular weight is 311 g/mol. The first-order valence-corrected chi connectivity index (χ1v) is 8.09. The Labute approximate surface area is 128 Å². The lowest BCUT2D eigenvalue weighted by molar-refractivity contribution is -0.134. The Hall–Kier alpha value is -1.56. The number of aromatic carboxylic acids is 1. The van der Waals surface area contributed by atoms with Crippen LogP contribution < -0.4 is 4.74 Å². The van der Waals surface area contributed by atoms with E-state index in [1.54, 1.807) is 11.0 Å². The largest absolute Gasteiger partial charge is 0.482 e. The third-order valence-corrected chi connectivity index (χ3v) is 5.03. The summed E-state index contributed by atoms with van der Waals surface area (Å²) < 4.78 is 5.46. The molecule has 1 aromatic rings. The van der Waals surface area contributed by atoms with E-state index in [0.29, 0.717) is 11.7 Å². The van der Waals surface area contributed by atoms with E-state index in [9.17, 15) is 9.59 Å². The van der Waals surface area contributed by atoms with Crippen LogP contribution in [0.4, 0.5) is 0 Å². The van der Waals surface area contributed by atoms with Crippen LogP contribution in [0.15, 0.2) is 6.07 Å². The van der Waals surface area contributed by atoms with Gasteiger partial charge >= 0.3 is 5.97 Å². The second-order valence-corrected chi connectivity index (χ2v) is 6.55. The molecule has 0 aromatic carbocycles. The predicted octanol–water partition coefficient (Wildman–Crippen LogP) is 2.65.